The van der Waals surface area contributed by atoms with E-state index in [9.17, 15) is 0 Å². The van der Waals surface area contributed by atoms with Crippen molar-refractivity contribution in [3.05, 3.63) is 76.0 Å². The molecule has 1 saturated carbocycles. The van der Waals surface area contributed by atoms with Crippen molar-refractivity contribution < 1.29 is 0 Å². The Hall–Kier alpha value is -2.40. The minimum atomic E-state index is 0.521. The van der Waals surface area contributed by atoms with E-state index in [1.165, 1.54) is 24.0 Å². The van der Waals surface area contributed by atoms with Crippen molar-refractivity contribution in [1.29, 1.82) is 0 Å². The van der Waals surface area contributed by atoms with Crippen LogP contribution in [0, 0.1) is 0 Å². The average molecular weight is 421 g/mol. The number of hydrogen-bond acceptors (Lipinski definition) is 4. The summed E-state index contributed by atoms with van der Waals surface area (Å²) < 4.78 is 1.14. The number of halogens is 1. The zero-order valence-electron chi connectivity index (χ0n) is 15.0. The lowest BCUT2D eigenvalue weighted by molar-refractivity contribution is 0.714. The van der Waals surface area contributed by atoms with Crippen LogP contribution in [0.4, 0.5) is 17.3 Å². The molecule has 5 rings (SSSR count). The quantitative estimate of drug-likeness (QED) is 0.611. The van der Waals surface area contributed by atoms with Gasteiger partial charge >= 0.3 is 0 Å². The lowest BCUT2D eigenvalue weighted by Gasteiger charge is -2.30. The summed E-state index contributed by atoms with van der Waals surface area (Å²) in [5, 5.41) is 3.45. The van der Waals surface area contributed by atoms with Crippen LogP contribution < -0.4 is 10.2 Å². The zero-order chi connectivity index (χ0) is 18.2. The molecule has 0 amide bonds. The molecular weight excluding hydrogens is 400 g/mol. The predicted molar refractivity (Wildman–Crippen MR) is 113 cm³/mol. The highest BCUT2D eigenvalue weighted by molar-refractivity contribution is 9.10. The molecule has 3 aromatic rings. The molecule has 136 valence electrons. The topological polar surface area (TPSA) is 41.0 Å². The number of hydrogen-bond donors (Lipinski definition) is 1. The van der Waals surface area contributed by atoms with Gasteiger partial charge in [0, 0.05) is 35.2 Å². The van der Waals surface area contributed by atoms with Crippen LogP contribution in [0.1, 0.15) is 35.7 Å². The fourth-order valence-electron chi connectivity index (χ4n) is 3.59. The summed E-state index contributed by atoms with van der Waals surface area (Å²) in [6.45, 7) is 1.88. The van der Waals surface area contributed by atoms with Crippen LogP contribution in [0.3, 0.4) is 0 Å². The first-order valence-electron chi connectivity index (χ1n) is 9.48. The number of nitrogens with one attached hydrogen (secondary N) is 1. The van der Waals surface area contributed by atoms with E-state index in [0.717, 1.165) is 47.1 Å². The van der Waals surface area contributed by atoms with Crippen molar-refractivity contribution in [2.75, 3.05) is 16.8 Å². The summed E-state index contributed by atoms with van der Waals surface area (Å²) in [4.78, 5) is 12.1. The van der Waals surface area contributed by atoms with Gasteiger partial charge < -0.3 is 10.2 Å². The summed E-state index contributed by atoms with van der Waals surface area (Å²) >= 11 is 3.60. The summed E-state index contributed by atoms with van der Waals surface area (Å²) in [7, 11) is 0. The van der Waals surface area contributed by atoms with Crippen LogP contribution in [0.15, 0.2) is 59.1 Å². The third-order valence-corrected chi connectivity index (χ3v) is 5.72. The molecule has 1 aliphatic heterocycles. The number of fused-ring (bicyclic) bond motifs is 1. The third-order valence-electron chi connectivity index (χ3n) is 5.22. The van der Waals surface area contributed by atoms with Crippen LogP contribution in [0.5, 0.6) is 0 Å². The Morgan fingerprint density at radius 2 is 1.81 bits per heavy atom. The molecule has 2 heterocycles. The Kier molecular flexibility index (Phi) is 4.32. The lowest BCUT2D eigenvalue weighted by atomic mass is 10.00. The van der Waals surface area contributed by atoms with E-state index in [0.29, 0.717) is 5.92 Å². The monoisotopic (exact) mass is 420 g/mol. The fourth-order valence-corrected chi connectivity index (χ4v) is 4.00. The number of anilines is 3. The summed E-state index contributed by atoms with van der Waals surface area (Å²) in [6.07, 6.45) is 3.45. The average Bonchev–Trinajstić information content (AvgIpc) is 3.53. The minimum absolute atomic E-state index is 0.521. The van der Waals surface area contributed by atoms with E-state index >= 15 is 0 Å². The zero-order valence-corrected chi connectivity index (χ0v) is 16.6. The van der Waals surface area contributed by atoms with Gasteiger partial charge in [-0.1, -0.05) is 40.2 Å². The Bertz CT molecular complexity index is 969. The maximum absolute atomic E-state index is 4.92. The number of nitrogens with zero attached hydrogens (tertiary/aromatic N) is 3. The van der Waals surface area contributed by atoms with E-state index in [-0.39, 0.29) is 0 Å². The van der Waals surface area contributed by atoms with Crippen molar-refractivity contribution in [2.45, 2.75) is 31.7 Å². The smallest absolute Gasteiger partial charge is 0.136 e. The first-order chi connectivity index (χ1) is 13.2. The van der Waals surface area contributed by atoms with Gasteiger partial charge in [0.25, 0.3) is 0 Å². The molecule has 0 atom stereocenters. The SMILES string of the molecule is Brc1ccc2c(c1)CN(c1cc(Nc3ccccc3)nc(C3CC3)n1)CC2. The summed E-state index contributed by atoms with van der Waals surface area (Å²) in [5.74, 6) is 3.41. The Labute approximate surface area is 167 Å². The highest BCUT2D eigenvalue weighted by Crippen LogP contribution is 2.39. The molecule has 4 nitrogen and oxygen atoms in total. The van der Waals surface area contributed by atoms with Crippen LogP contribution in [-0.4, -0.2) is 16.5 Å². The maximum atomic E-state index is 4.92. The van der Waals surface area contributed by atoms with Crippen molar-refractivity contribution >= 4 is 33.3 Å². The molecule has 0 radical (unpaired) electrons. The molecule has 1 fully saturated rings. The van der Waals surface area contributed by atoms with Gasteiger partial charge in [-0.15, -0.1) is 0 Å². The highest BCUT2D eigenvalue weighted by atomic mass is 79.9. The molecule has 27 heavy (non-hydrogen) atoms. The van der Waals surface area contributed by atoms with Gasteiger partial charge in [-0.05, 0) is 54.7 Å². The molecule has 0 spiro atoms. The molecule has 0 saturated heterocycles. The fraction of sp³-hybridized carbons (Fsp3) is 0.273. The van der Waals surface area contributed by atoms with Crippen LogP contribution in [0.25, 0.3) is 0 Å². The molecule has 1 aromatic heterocycles. The van der Waals surface area contributed by atoms with Crippen LogP contribution >= 0.6 is 15.9 Å². The van der Waals surface area contributed by atoms with Gasteiger partial charge in [0.05, 0.1) is 0 Å². The maximum Gasteiger partial charge on any atom is 0.136 e. The van der Waals surface area contributed by atoms with E-state index in [1.807, 2.05) is 18.2 Å². The number of aromatic nitrogens is 2. The second-order valence-corrected chi connectivity index (χ2v) is 8.24. The van der Waals surface area contributed by atoms with E-state index < -0.39 is 0 Å². The van der Waals surface area contributed by atoms with Crippen molar-refractivity contribution in [1.82, 2.24) is 9.97 Å². The number of para-hydroxylation sites is 1. The first-order valence-corrected chi connectivity index (χ1v) is 10.3. The highest BCUT2D eigenvalue weighted by Gasteiger charge is 2.28. The van der Waals surface area contributed by atoms with Crippen molar-refractivity contribution in [3.8, 4) is 0 Å². The number of benzene rings is 2. The normalized spacial score (nSPS) is 16.1. The largest absolute Gasteiger partial charge is 0.352 e. The van der Waals surface area contributed by atoms with Gasteiger partial charge in [-0.2, -0.15) is 0 Å². The van der Waals surface area contributed by atoms with Crippen molar-refractivity contribution in [2.24, 2.45) is 0 Å². The number of rotatable bonds is 4. The molecule has 1 aliphatic carbocycles. The molecule has 2 aliphatic rings. The summed E-state index contributed by atoms with van der Waals surface area (Å²) in [6, 6.07) is 18.9. The molecule has 5 heteroatoms. The third kappa shape index (κ3) is 3.69. The Balaban J connectivity index is 1.46. The lowest BCUT2D eigenvalue weighted by Crippen LogP contribution is -2.31. The van der Waals surface area contributed by atoms with Gasteiger partial charge in [-0.25, -0.2) is 9.97 Å². The van der Waals surface area contributed by atoms with Crippen molar-refractivity contribution in [3.63, 3.8) is 0 Å². The minimum Gasteiger partial charge on any atom is -0.352 e. The molecule has 0 bridgehead atoms. The van der Waals surface area contributed by atoms with E-state index in [4.69, 9.17) is 9.97 Å². The van der Waals surface area contributed by atoms with Crippen LogP contribution in [0.2, 0.25) is 0 Å². The van der Waals surface area contributed by atoms with Gasteiger partial charge in [0.2, 0.25) is 0 Å². The first kappa shape index (κ1) is 16.8. The molecular formula is C22H21BrN4. The Morgan fingerprint density at radius 1 is 0.963 bits per heavy atom. The predicted octanol–water partition coefficient (Wildman–Crippen LogP) is 5.42. The second-order valence-electron chi connectivity index (χ2n) is 7.32. The van der Waals surface area contributed by atoms with E-state index in [2.05, 4.69) is 62.5 Å². The van der Waals surface area contributed by atoms with Gasteiger partial charge in [0.1, 0.15) is 17.5 Å². The molecule has 2 aromatic carbocycles. The molecule has 0 unspecified atom stereocenters. The van der Waals surface area contributed by atoms with Gasteiger partial charge in [-0.3, -0.25) is 0 Å². The van der Waals surface area contributed by atoms with Gasteiger partial charge in [0.15, 0.2) is 0 Å². The van der Waals surface area contributed by atoms with E-state index in [1.54, 1.807) is 0 Å². The Morgan fingerprint density at radius 3 is 2.63 bits per heavy atom. The van der Waals surface area contributed by atoms with Crippen LogP contribution in [-0.2, 0) is 13.0 Å². The summed E-state index contributed by atoms with van der Waals surface area (Å²) in [5.41, 5.74) is 3.87. The molecule has 1 N–H and O–H groups in total. The standard InChI is InChI=1S/C22H21BrN4/c23-18-9-8-15-10-11-27(14-17(15)12-18)21-13-20(24-19-4-2-1-3-5-19)25-22(26-21)16-6-7-16/h1-5,8-9,12-13,16H,6-7,10-11,14H2,(H,24,25,26). The second kappa shape index (κ2) is 6.97.